The molecule has 2 rings (SSSR count). The largest absolute Gasteiger partial charge is 0.208 e. The van der Waals surface area contributed by atoms with Crippen molar-refractivity contribution < 1.29 is 9.13 Å². The van der Waals surface area contributed by atoms with Gasteiger partial charge in [-0.2, -0.15) is 0 Å². The van der Waals surface area contributed by atoms with Crippen LogP contribution < -0.4 is 9.13 Å². The highest BCUT2D eigenvalue weighted by atomic mass is 14.9. The average Bonchev–Trinajstić information content (AvgIpc) is 2.47. The molecule has 0 saturated carbocycles. The molecule has 1 unspecified atom stereocenters. The molecule has 0 radical (unpaired) electrons. The molecule has 114 valence electrons. The quantitative estimate of drug-likeness (QED) is 0.721. The van der Waals surface area contributed by atoms with Crippen LogP contribution in [0.25, 0.3) is 0 Å². The first-order valence-corrected chi connectivity index (χ1v) is 7.55. The van der Waals surface area contributed by atoms with Gasteiger partial charge in [-0.3, -0.25) is 0 Å². The van der Waals surface area contributed by atoms with Crippen LogP contribution in [0.4, 0.5) is 0 Å². The third-order valence-electron chi connectivity index (χ3n) is 4.04. The van der Waals surface area contributed by atoms with E-state index in [0.29, 0.717) is 0 Å². The number of aryl methyl sites for hydroxylation is 3. The van der Waals surface area contributed by atoms with Crippen LogP contribution in [-0.2, 0) is 26.9 Å². The van der Waals surface area contributed by atoms with E-state index in [1.165, 1.54) is 36.8 Å². The third-order valence-corrected chi connectivity index (χ3v) is 4.04. The highest BCUT2D eigenvalue weighted by Gasteiger charge is 2.09. The Balaban J connectivity index is 0.00000220. The van der Waals surface area contributed by atoms with Gasteiger partial charge in [0.25, 0.3) is 0 Å². The second kappa shape index (κ2) is 8.56. The first-order valence-electron chi connectivity index (χ1n) is 7.55. The molecular formula is C19H30N2+2. The highest BCUT2D eigenvalue weighted by molar-refractivity contribution is 5.10. The van der Waals surface area contributed by atoms with E-state index in [-0.39, 0.29) is 7.43 Å². The zero-order chi connectivity index (χ0) is 14.4. The maximum absolute atomic E-state index is 2.30. The first-order chi connectivity index (χ1) is 9.67. The molecule has 0 aliphatic carbocycles. The minimum Gasteiger partial charge on any atom is -0.208 e. The summed E-state index contributed by atoms with van der Waals surface area (Å²) in [5.74, 6) is 0.775. The fourth-order valence-corrected chi connectivity index (χ4v) is 2.52. The Hall–Kier alpha value is -1.70. The summed E-state index contributed by atoms with van der Waals surface area (Å²) in [5.41, 5.74) is 2.90. The molecule has 0 bridgehead atoms. The molecule has 2 aromatic rings. The SMILES string of the molecule is C.CCC(CCc1cc[n+](C)cc1)Cc1cc[n+](C)cc1. The van der Waals surface area contributed by atoms with Crippen molar-refractivity contribution in [3.05, 3.63) is 60.2 Å². The number of nitrogens with zero attached hydrogens (tertiary/aromatic N) is 2. The molecule has 0 aromatic carbocycles. The van der Waals surface area contributed by atoms with Gasteiger partial charge in [-0.15, -0.1) is 0 Å². The van der Waals surface area contributed by atoms with Crippen LogP contribution in [0.5, 0.6) is 0 Å². The standard InChI is InChI=1S/C18H26N2.CH4/c1-4-16(15-18-9-13-20(3)14-10-18)5-6-17-7-11-19(2)12-8-17;/h7-14,16H,4-6,15H2,1-3H3;1H4/q+2;. The van der Waals surface area contributed by atoms with Gasteiger partial charge in [0.15, 0.2) is 24.8 Å². The highest BCUT2D eigenvalue weighted by Crippen LogP contribution is 2.17. The summed E-state index contributed by atoms with van der Waals surface area (Å²) in [5, 5.41) is 0. The molecule has 0 N–H and O–H groups in total. The van der Waals surface area contributed by atoms with Crippen LogP contribution in [0.1, 0.15) is 38.3 Å². The van der Waals surface area contributed by atoms with Gasteiger partial charge in [0.05, 0.1) is 0 Å². The number of aromatic nitrogens is 2. The molecule has 0 fully saturated rings. The Morgan fingerprint density at radius 1 is 0.857 bits per heavy atom. The molecule has 2 heterocycles. The molecule has 2 heteroatoms. The van der Waals surface area contributed by atoms with Crippen LogP contribution in [-0.4, -0.2) is 0 Å². The Labute approximate surface area is 130 Å². The van der Waals surface area contributed by atoms with Gasteiger partial charge < -0.3 is 0 Å². The molecule has 0 saturated heterocycles. The monoisotopic (exact) mass is 286 g/mol. The smallest absolute Gasteiger partial charge is 0.168 e. The van der Waals surface area contributed by atoms with Gasteiger partial charge >= 0.3 is 0 Å². The first kappa shape index (κ1) is 17.4. The summed E-state index contributed by atoms with van der Waals surface area (Å²) in [6, 6.07) is 8.95. The lowest BCUT2D eigenvalue weighted by atomic mass is 9.91. The van der Waals surface area contributed by atoms with Crippen LogP contribution >= 0.6 is 0 Å². The molecule has 2 aromatic heterocycles. The van der Waals surface area contributed by atoms with Crippen LogP contribution in [0.15, 0.2) is 49.1 Å². The third kappa shape index (κ3) is 5.66. The molecular weight excluding hydrogens is 256 g/mol. The number of rotatable bonds is 6. The van der Waals surface area contributed by atoms with Crippen molar-refractivity contribution in [3.8, 4) is 0 Å². The van der Waals surface area contributed by atoms with E-state index in [1.807, 2.05) is 0 Å². The molecule has 0 aliphatic heterocycles. The van der Waals surface area contributed by atoms with E-state index < -0.39 is 0 Å². The second-order valence-electron chi connectivity index (χ2n) is 5.76. The predicted molar refractivity (Wildman–Crippen MR) is 87.8 cm³/mol. The van der Waals surface area contributed by atoms with Gasteiger partial charge in [-0.1, -0.05) is 20.8 Å². The van der Waals surface area contributed by atoms with Crippen molar-refractivity contribution in [3.63, 3.8) is 0 Å². The predicted octanol–water partition coefficient (Wildman–Crippen LogP) is 3.17. The lowest BCUT2D eigenvalue weighted by Gasteiger charge is -2.14. The minimum atomic E-state index is 0. The van der Waals surface area contributed by atoms with Gasteiger partial charge in [0.2, 0.25) is 0 Å². The molecule has 1 atom stereocenters. The van der Waals surface area contributed by atoms with Gasteiger partial charge in [0, 0.05) is 24.3 Å². The minimum absolute atomic E-state index is 0. The van der Waals surface area contributed by atoms with Crippen LogP contribution in [0.2, 0.25) is 0 Å². The van der Waals surface area contributed by atoms with Crippen molar-refractivity contribution in [1.82, 2.24) is 0 Å². The number of hydrogen-bond acceptors (Lipinski definition) is 0. The second-order valence-corrected chi connectivity index (χ2v) is 5.76. The van der Waals surface area contributed by atoms with Crippen LogP contribution in [0, 0.1) is 5.92 Å². The maximum atomic E-state index is 2.30. The Morgan fingerprint density at radius 3 is 1.81 bits per heavy atom. The van der Waals surface area contributed by atoms with Crippen molar-refractivity contribution >= 4 is 0 Å². The van der Waals surface area contributed by atoms with E-state index in [9.17, 15) is 0 Å². The van der Waals surface area contributed by atoms with Crippen LogP contribution in [0.3, 0.4) is 0 Å². The van der Waals surface area contributed by atoms with Crippen molar-refractivity contribution in [1.29, 1.82) is 0 Å². The molecule has 21 heavy (non-hydrogen) atoms. The zero-order valence-electron chi connectivity index (χ0n) is 12.9. The summed E-state index contributed by atoms with van der Waals surface area (Å²) in [6.07, 6.45) is 13.4. The normalized spacial score (nSPS) is 11.8. The fourth-order valence-electron chi connectivity index (χ4n) is 2.52. The molecule has 2 nitrogen and oxygen atoms in total. The lowest BCUT2D eigenvalue weighted by Crippen LogP contribution is -2.26. The van der Waals surface area contributed by atoms with E-state index in [1.54, 1.807) is 0 Å². The molecule has 0 aliphatic rings. The number of pyridine rings is 2. The van der Waals surface area contributed by atoms with E-state index in [2.05, 4.69) is 79.2 Å². The zero-order valence-corrected chi connectivity index (χ0v) is 12.9. The van der Waals surface area contributed by atoms with Crippen molar-refractivity contribution in [2.24, 2.45) is 20.0 Å². The summed E-state index contributed by atoms with van der Waals surface area (Å²) in [4.78, 5) is 0. The van der Waals surface area contributed by atoms with Gasteiger partial charge in [-0.25, -0.2) is 9.13 Å². The summed E-state index contributed by atoms with van der Waals surface area (Å²) in [6.45, 7) is 2.30. The topological polar surface area (TPSA) is 7.76 Å². The number of hydrogen-bond donors (Lipinski definition) is 0. The van der Waals surface area contributed by atoms with Gasteiger partial charge in [-0.05, 0) is 36.3 Å². The summed E-state index contributed by atoms with van der Waals surface area (Å²) >= 11 is 0. The average molecular weight is 286 g/mol. The van der Waals surface area contributed by atoms with Crippen molar-refractivity contribution in [2.75, 3.05) is 0 Å². The Kier molecular flexibility index (Phi) is 7.07. The van der Waals surface area contributed by atoms with Gasteiger partial charge in [0.1, 0.15) is 14.1 Å². The van der Waals surface area contributed by atoms with E-state index >= 15 is 0 Å². The maximum Gasteiger partial charge on any atom is 0.168 e. The van der Waals surface area contributed by atoms with Crippen molar-refractivity contribution in [2.45, 2.75) is 40.0 Å². The Morgan fingerprint density at radius 2 is 1.33 bits per heavy atom. The molecule has 0 amide bonds. The van der Waals surface area contributed by atoms with E-state index in [4.69, 9.17) is 0 Å². The fraction of sp³-hybridized carbons (Fsp3) is 0.474. The lowest BCUT2D eigenvalue weighted by molar-refractivity contribution is -0.671. The summed E-state index contributed by atoms with van der Waals surface area (Å²) in [7, 11) is 4.13. The Bertz CT molecular complexity index is 514. The van der Waals surface area contributed by atoms with E-state index in [0.717, 1.165) is 5.92 Å². The molecule has 0 spiro atoms. The summed E-state index contributed by atoms with van der Waals surface area (Å²) < 4.78 is 4.18.